The van der Waals surface area contributed by atoms with E-state index in [1.165, 1.54) is 5.56 Å². The molecule has 3 N–H and O–H groups in total. The molecule has 1 atom stereocenters. The molecule has 2 aromatic carbocycles. The second-order valence-electron chi connectivity index (χ2n) is 5.98. The number of carbonyl (C=O) groups is 1. The fourth-order valence-corrected chi connectivity index (χ4v) is 2.55. The Balaban J connectivity index is 1.92. The third-order valence-electron chi connectivity index (χ3n) is 3.90. The molecule has 0 aliphatic heterocycles. The molecular weight excluding hydrogens is 272 g/mol. The van der Waals surface area contributed by atoms with Gasteiger partial charge in [0.05, 0.1) is 6.42 Å². The van der Waals surface area contributed by atoms with Crippen LogP contribution in [-0.4, -0.2) is 12.5 Å². The molecule has 0 bridgehead atoms. The Morgan fingerprint density at radius 2 is 1.68 bits per heavy atom. The van der Waals surface area contributed by atoms with Gasteiger partial charge in [0.1, 0.15) is 0 Å². The van der Waals surface area contributed by atoms with Crippen molar-refractivity contribution in [2.75, 3.05) is 12.3 Å². The highest BCUT2D eigenvalue weighted by Gasteiger charge is 2.16. The number of rotatable bonds is 6. The zero-order valence-electron chi connectivity index (χ0n) is 13.3. The maximum absolute atomic E-state index is 12.1. The summed E-state index contributed by atoms with van der Waals surface area (Å²) >= 11 is 0. The van der Waals surface area contributed by atoms with Crippen LogP contribution in [0.3, 0.4) is 0 Å². The van der Waals surface area contributed by atoms with E-state index < -0.39 is 0 Å². The van der Waals surface area contributed by atoms with E-state index in [0.29, 0.717) is 30.5 Å². The highest BCUT2D eigenvalue weighted by Crippen LogP contribution is 2.23. The van der Waals surface area contributed by atoms with Crippen LogP contribution >= 0.6 is 0 Å². The van der Waals surface area contributed by atoms with E-state index in [-0.39, 0.29) is 5.91 Å². The van der Waals surface area contributed by atoms with Crippen molar-refractivity contribution < 1.29 is 4.79 Å². The van der Waals surface area contributed by atoms with Crippen LogP contribution < -0.4 is 11.1 Å². The van der Waals surface area contributed by atoms with Gasteiger partial charge in [-0.2, -0.15) is 0 Å². The second-order valence-corrected chi connectivity index (χ2v) is 5.98. The Hall–Kier alpha value is -2.29. The van der Waals surface area contributed by atoms with Crippen LogP contribution in [0.5, 0.6) is 0 Å². The molecule has 1 amide bonds. The molecule has 0 spiro atoms. The van der Waals surface area contributed by atoms with E-state index in [0.717, 1.165) is 5.56 Å². The number of hydrogen-bond acceptors (Lipinski definition) is 2. The fraction of sp³-hybridized carbons (Fsp3) is 0.316. The summed E-state index contributed by atoms with van der Waals surface area (Å²) in [4.78, 5) is 12.1. The number of hydrogen-bond donors (Lipinski definition) is 2. The zero-order chi connectivity index (χ0) is 15.9. The van der Waals surface area contributed by atoms with Crippen molar-refractivity contribution in [1.29, 1.82) is 0 Å². The lowest BCUT2D eigenvalue weighted by Gasteiger charge is -2.22. The smallest absolute Gasteiger partial charge is 0.224 e. The summed E-state index contributed by atoms with van der Waals surface area (Å²) in [7, 11) is 0. The minimum Gasteiger partial charge on any atom is -0.399 e. The standard InChI is InChI=1S/C19H24N2O/c1-14(2)18(16-6-4-3-5-7-16)13-21-19(22)12-15-8-10-17(20)11-9-15/h3-11,14,18H,12-13,20H2,1-2H3,(H,21,22). The van der Waals surface area contributed by atoms with E-state index in [1.54, 1.807) is 0 Å². The molecule has 3 nitrogen and oxygen atoms in total. The Morgan fingerprint density at radius 3 is 2.27 bits per heavy atom. The van der Waals surface area contributed by atoms with E-state index in [2.05, 4.69) is 31.3 Å². The molecule has 0 heterocycles. The van der Waals surface area contributed by atoms with Crippen molar-refractivity contribution in [2.24, 2.45) is 5.92 Å². The average molecular weight is 296 g/mol. The molecule has 2 aromatic rings. The maximum Gasteiger partial charge on any atom is 0.224 e. The van der Waals surface area contributed by atoms with Crippen LogP contribution in [-0.2, 0) is 11.2 Å². The predicted molar refractivity (Wildman–Crippen MR) is 91.6 cm³/mol. The summed E-state index contributed by atoms with van der Waals surface area (Å²) in [5.41, 5.74) is 8.62. The lowest BCUT2D eigenvalue weighted by molar-refractivity contribution is -0.120. The third-order valence-corrected chi connectivity index (χ3v) is 3.90. The van der Waals surface area contributed by atoms with Gasteiger partial charge in [0.2, 0.25) is 5.91 Å². The molecular formula is C19H24N2O. The number of amides is 1. The van der Waals surface area contributed by atoms with E-state index in [4.69, 9.17) is 5.73 Å². The largest absolute Gasteiger partial charge is 0.399 e. The van der Waals surface area contributed by atoms with Crippen LogP contribution in [0.2, 0.25) is 0 Å². The highest BCUT2D eigenvalue weighted by molar-refractivity contribution is 5.78. The van der Waals surface area contributed by atoms with Crippen LogP contribution in [0.15, 0.2) is 54.6 Å². The van der Waals surface area contributed by atoms with Crippen LogP contribution in [0.4, 0.5) is 5.69 Å². The number of nitrogen functional groups attached to an aromatic ring is 1. The van der Waals surface area contributed by atoms with Crippen molar-refractivity contribution >= 4 is 11.6 Å². The van der Waals surface area contributed by atoms with E-state index in [1.807, 2.05) is 42.5 Å². The first-order valence-electron chi connectivity index (χ1n) is 7.72. The molecule has 3 heteroatoms. The summed E-state index contributed by atoms with van der Waals surface area (Å²) in [6.07, 6.45) is 0.389. The molecule has 0 aromatic heterocycles. The minimum absolute atomic E-state index is 0.0475. The molecule has 0 radical (unpaired) electrons. The Kier molecular flexibility index (Phi) is 5.59. The summed E-state index contributed by atoms with van der Waals surface area (Å²) in [6.45, 7) is 5.03. The highest BCUT2D eigenvalue weighted by atomic mass is 16.1. The van der Waals surface area contributed by atoms with Crippen molar-refractivity contribution in [1.82, 2.24) is 5.32 Å². The zero-order valence-corrected chi connectivity index (χ0v) is 13.3. The van der Waals surface area contributed by atoms with Crippen LogP contribution in [0.25, 0.3) is 0 Å². The third kappa shape index (κ3) is 4.62. The number of nitrogens with one attached hydrogen (secondary N) is 1. The molecule has 116 valence electrons. The number of nitrogens with two attached hydrogens (primary N) is 1. The van der Waals surface area contributed by atoms with Gasteiger partial charge >= 0.3 is 0 Å². The quantitative estimate of drug-likeness (QED) is 0.803. The fourth-order valence-electron chi connectivity index (χ4n) is 2.55. The predicted octanol–water partition coefficient (Wildman–Crippen LogP) is 3.37. The minimum atomic E-state index is 0.0475. The summed E-state index contributed by atoms with van der Waals surface area (Å²) in [6, 6.07) is 17.8. The van der Waals surface area contributed by atoms with Crippen LogP contribution in [0.1, 0.15) is 30.9 Å². The molecule has 22 heavy (non-hydrogen) atoms. The molecule has 1 unspecified atom stereocenters. The van der Waals surface area contributed by atoms with Crippen molar-refractivity contribution in [3.63, 3.8) is 0 Å². The molecule has 2 rings (SSSR count). The Bertz CT molecular complexity index is 591. The number of anilines is 1. The van der Waals surface area contributed by atoms with Gasteiger partial charge in [0.15, 0.2) is 0 Å². The van der Waals surface area contributed by atoms with Gasteiger partial charge in [-0.25, -0.2) is 0 Å². The Morgan fingerprint density at radius 1 is 1.05 bits per heavy atom. The molecule has 0 aliphatic carbocycles. The van der Waals surface area contributed by atoms with Gasteiger partial charge in [-0.05, 0) is 29.2 Å². The first-order chi connectivity index (χ1) is 10.6. The number of carbonyl (C=O) groups excluding carboxylic acids is 1. The van der Waals surface area contributed by atoms with Gasteiger partial charge in [0, 0.05) is 18.2 Å². The van der Waals surface area contributed by atoms with E-state index >= 15 is 0 Å². The summed E-state index contributed by atoms with van der Waals surface area (Å²) in [5.74, 6) is 0.849. The SMILES string of the molecule is CC(C)C(CNC(=O)Cc1ccc(N)cc1)c1ccccc1. The molecule has 0 saturated heterocycles. The topological polar surface area (TPSA) is 55.1 Å². The lowest BCUT2D eigenvalue weighted by Crippen LogP contribution is -2.31. The maximum atomic E-state index is 12.1. The first kappa shape index (κ1) is 16.1. The van der Waals surface area contributed by atoms with Crippen molar-refractivity contribution in [2.45, 2.75) is 26.2 Å². The lowest BCUT2D eigenvalue weighted by atomic mass is 9.88. The van der Waals surface area contributed by atoms with Gasteiger partial charge in [0.25, 0.3) is 0 Å². The average Bonchev–Trinajstić information content (AvgIpc) is 2.50. The van der Waals surface area contributed by atoms with Gasteiger partial charge in [-0.1, -0.05) is 56.3 Å². The Labute approximate surface area is 132 Å². The van der Waals surface area contributed by atoms with E-state index in [9.17, 15) is 4.79 Å². The van der Waals surface area contributed by atoms with Gasteiger partial charge < -0.3 is 11.1 Å². The van der Waals surface area contributed by atoms with Gasteiger partial charge in [-0.15, -0.1) is 0 Å². The molecule has 0 aliphatic rings. The molecule has 0 fully saturated rings. The summed E-state index contributed by atoms with van der Waals surface area (Å²) < 4.78 is 0. The normalized spacial score (nSPS) is 12.1. The van der Waals surface area contributed by atoms with Gasteiger partial charge in [-0.3, -0.25) is 4.79 Å². The van der Waals surface area contributed by atoms with Crippen molar-refractivity contribution in [3.05, 3.63) is 65.7 Å². The first-order valence-corrected chi connectivity index (χ1v) is 7.72. The number of benzene rings is 2. The monoisotopic (exact) mass is 296 g/mol. The van der Waals surface area contributed by atoms with Crippen molar-refractivity contribution in [3.8, 4) is 0 Å². The second kappa shape index (κ2) is 7.64. The molecule has 0 saturated carbocycles. The van der Waals surface area contributed by atoms with Crippen LogP contribution in [0, 0.1) is 5.92 Å². The summed E-state index contributed by atoms with van der Waals surface area (Å²) in [5, 5.41) is 3.06.